The summed E-state index contributed by atoms with van der Waals surface area (Å²) in [6.45, 7) is 0. The number of halogens is 4. The lowest BCUT2D eigenvalue weighted by atomic mass is 10.1. The quantitative estimate of drug-likeness (QED) is 0.464. The predicted octanol–water partition coefficient (Wildman–Crippen LogP) is 6.31. The summed E-state index contributed by atoms with van der Waals surface area (Å²) in [5, 5.41) is 4.43. The van der Waals surface area contributed by atoms with Crippen LogP contribution < -0.4 is 20.3 Å². The lowest BCUT2D eigenvalue weighted by molar-refractivity contribution is -0.137. The first kappa shape index (κ1) is 22.5. The van der Waals surface area contributed by atoms with Crippen LogP contribution in [-0.4, -0.2) is 19.0 Å². The number of fused-ring (bicyclic) bond motifs is 1. The zero-order valence-electron chi connectivity index (χ0n) is 17.2. The van der Waals surface area contributed by atoms with E-state index in [1.807, 2.05) is 12.1 Å². The number of para-hydroxylation sites is 1. The predicted molar refractivity (Wildman–Crippen MR) is 119 cm³/mol. The molecule has 4 rings (SSSR count). The number of nitrogens with one attached hydrogen (secondary N) is 2. The molecular formula is C23H17ClF3N3O3. The lowest BCUT2D eigenvalue weighted by Crippen LogP contribution is -2.21. The average molecular weight is 476 g/mol. The molecule has 6 nitrogen and oxygen atoms in total. The van der Waals surface area contributed by atoms with Crippen LogP contribution in [0.1, 0.15) is 11.1 Å². The van der Waals surface area contributed by atoms with Crippen molar-refractivity contribution < 1.29 is 27.5 Å². The molecule has 0 aromatic heterocycles. The molecule has 0 aliphatic carbocycles. The Hall–Kier alpha value is -3.72. The summed E-state index contributed by atoms with van der Waals surface area (Å²) in [7, 11) is 1.69. The van der Waals surface area contributed by atoms with Crippen LogP contribution >= 0.6 is 11.6 Å². The van der Waals surface area contributed by atoms with E-state index in [1.165, 1.54) is 6.07 Å². The monoisotopic (exact) mass is 475 g/mol. The molecule has 1 aliphatic heterocycles. The van der Waals surface area contributed by atoms with Gasteiger partial charge < -0.3 is 20.3 Å². The highest BCUT2D eigenvalue weighted by Crippen LogP contribution is 2.39. The second kappa shape index (κ2) is 8.67. The molecule has 3 aromatic rings. The average Bonchev–Trinajstić information content (AvgIpc) is 3.04. The second-order valence-electron chi connectivity index (χ2n) is 7.29. The highest BCUT2D eigenvalue weighted by molar-refractivity contribution is 6.31. The fraction of sp³-hybridized carbons (Fsp3) is 0.130. The molecule has 0 saturated heterocycles. The van der Waals surface area contributed by atoms with Crippen molar-refractivity contribution in [1.29, 1.82) is 0 Å². The second-order valence-corrected chi connectivity index (χ2v) is 7.70. The molecule has 0 radical (unpaired) electrons. The molecule has 0 unspecified atom stereocenters. The van der Waals surface area contributed by atoms with Crippen LogP contribution in [0.25, 0.3) is 0 Å². The van der Waals surface area contributed by atoms with Crippen LogP contribution in [0.4, 0.5) is 35.0 Å². The molecular weight excluding hydrogens is 459 g/mol. The molecule has 0 spiro atoms. The number of urea groups is 1. The Kier molecular flexibility index (Phi) is 5.90. The Labute approximate surface area is 191 Å². The van der Waals surface area contributed by atoms with Gasteiger partial charge in [-0.3, -0.25) is 4.79 Å². The highest BCUT2D eigenvalue weighted by Gasteiger charge is 2.33. The zero-order chi connectivity index (χ0) is 23.8. The molecule has 3 aromatic carbocycles. The van der Waals surface area contributed by atoms with Gasteiger partial charge in [0.25, 0.3) is 0 Å². The minimum Gasteiger partial charge on any atom is -0.455 e. The molecule has 1 heterocycles. The summed E-state index contributed by atoms with van der Waals surface area (Å²) >= 11 is 5.59. The van der Waals surface area contributed by atoms with Gasteiger partial charge in [-0.2, -0.15) is 13.2 Å². The van der Waals surface area contributed by atoms with E-state index < -0.39 is 22.8 Å². The van der Waals surface area contributed by atoms with Crippen LogP contribution in [0.3, 0.4) is 0 Å². The number of alkyl halides is 3. The first-order chi connectivity index (χ1) is 15.6. The van der Waals surface area contributed by atoms with Gasteiger partial charge in [-0.15, -0.1) is 0 Å². The summed E-state index contributed by atoms with van der Waals surface area (Å²) < 4.78 is 44.8. The third-order valence-electron chi connectivity index (χ3n) is 5.00. The van der Waals surface area contributed by atoms with Gasteiger partial charge >= 0.3 is 12.2 Å². The molecule has 170 valence electrons. The minimum absolute atomic E-state index is 0.0188. The van der Waals surface area contributed by atoms with Crippen molar-refractivity contribution in [2.45, 2.75) is 12.6 Å². The van der Waals surface area contributed by atoms with E-state index in [0.717, 1.165) is 17.7 Å². The molecule has 1 aliphatic rings. The van der Waals surface area contributed by atoms with Gasteiger partial charge in [0.1, 0.15) is 5.75 Å². The lowest BCUT2D eigenvalue weighted by Gasteiger charge is -2.16. The molecule has 3 amide bonds. The SMILES string of the molecule is CN1C(=O)Cc2cccc(Oc3ccc(NC(=O)Nc4ccc(Cl)c(C(F)(F)F)c4)cc3)c21. The largest absolute Gasteiger partial charge is 0.455 e. The fourth-order valence-electron chi connectivity index (χ4n) is 3.43. The van der Waals surface area contributed by atoms with Crippen molar-refractivity contribution in [2.24, 2.45) is 0 Å². The third-order valence-corrected chi connectivity index (χ3v) is 5.33. The van der Waals surface area contributed by atoms with Crippen molar-refractivity contribution in [1.82, 2.24) is 0 Å². The van der Waals surface area contributed by atoms with Crippen molar-refractivity contribution in [3.05, 3.63) is 76.8 Å². The zero-order valence-corrected chi connectivity index (χ0v) is 17.9. The van der Waals surface area contributed by atoms with Gasteiger partial charge in [0.05, 0.1) is 22.7 Å². The summed E-state index contributed by atoms with van der Waals surface area (Å²) in [5.41, 5.74) is 0.899. The highest BCUT2D eigenvalue weighted by atomic mass is 35.5. The van der Waals surface area contributed by atoms with Crippen LogP contribution in [0.15, 0.2) is 60.7 Å². The van der Waals surface area contributed by atoms with Crippen LogP contribution in [0.5, 0.6) is 11.5 Å². The summed E-state index contributed by atoms with van der Waals surface area (Å²) in [6.07, 6.45) is -4.32. The molecule has 0 saturated carbocycles. The number of benzene rings is 3. The molecule has 2 N–H and O–H groups in total. The smallest absolute Gasteiger partial charge is 0.417 e. The van der Waals surface area contributed by atoms with Crippen molar-refractivity contribution >= 4 is 40.6 Å². The van der Waals surface area contributed by atoms with Crippen molar-refractivity contribution in [3.8, 4) is 11.5 Å². The molecule has 0 atom stereocenters. The number of anilines is 3. The van der Waals surface area contributed by atoms with E-state index in [-0.39, 0.29) is 11.6 Å². The number of likely N-dealkylation sites (N-methyl/N-ethyl adjacent to an activating group) is 1. The third kappa shape index (κ3) is 4.88. The summed E-state index contributed by atoms with van der Waals surface area (Å²) in [6, 6.07) is 14.2. The van der Waals surface area contributed by atoms with Gasteiger partial charge in [-0.05, 0) is 54.1 Å². The van der Waals surface area contributed by atoms with E-state index in [1.54, 1.807) is 42.3 Å². The number of rotatable bonds is 4. The summed E-state index contributed by atoms with van der Waals surface area (Å²) in [5.74, 6) is 0.992. The number of carbonyl (C=O) groups excluding carboxylic acids is 2. The maximum absolute atomic E-state index is 13.0. The van der Waals surface area contributed by atoms with Gasteiger partial charge in [-0.1, -0.05) is 23.7 Å². The number of hydrogen-bond acceptors (Lipinski definition) is 3. The maximum Gasteiger partial charge on any atom is 0.417 e. The van der Waals surface area contributed by atoms with Crippen LogP contribution in [-0.2, 0) is 17.4 Å². The molecule has 10 heteroatoms. The van der Waals surface area contributed by atoms with Gasteiger partial charge in [0.15, 0.2) is 5.75 Å². The van der Waals surface area contributed by atoms with Gasteiger partial charge in [0, 0.05) is 18.4 Å². The van der Waals surface area contributed by atoms with Crippen molar-refractivity contribution in [3.63, 3.8) is 0 Å². The number of ether oxygens (including phenoxy) is 1. The first-order valence-electron chi connectivity index (χ1n) is 9.73. The van der Waals surface area contributed by atoms with E-state index in [9.17, 15) is 22.8 Å². The van der Waals surface area contributed by atoms with E-state index >= 15 is 0 Å². The van der Waals surface area contributed by atoms with Crippen LogP contribution in [0.2, 0.25) is 5.02 Å². The molecule has 33 heavy (non-hydrogen) atoms. The Bertz CT molecular complexity index is 1230. The van der Waals surface area contributed by atoms with E-state index in [4.69, 9.17) is 16.3 Å². The van der Waals surface area contributed by atoms with Gasteiger partial charge in [0.2, 0.25) is 5.91 Å². The van der Waals surface area contributed by atoms with Gasteiger partial charge in [-0.25, -0.2) is 4.79 Å². The fourth-order valence-corrected chi connectivity index (χ4v) is 3.65. The number of amides is 3. The molecule has 0 fully saturated rings. The standard InChI is InChI=1S/C23H17ClF3N3O3/c1-30-20(31)11-13-3-2-4-19(21(13)30)33-16-8-5-14(6-9-16)28-22(32)29-15-7-10-18(24)17(12-15)23(25,26)27/h2-10,12H,11H2,1H3,(H2,28,29,32). The van der Waals surface area contributed by atoms with Crippen LogP contribution in [0, 0.1) is 0 Å². The normalized spacial score (nSPS) is 13.0. The van der Waals surface area contributed by atoms with Crippen molar-refractivity contribution in [2.75, 3.05) is 22.6 Å². The number of hydrogen-bond donors (Lipinski definition) is 2. The number of carbonyl (C=O) groups is 2. The maximum atomic E-state index is 13.0. The Morgan fingerprint density at radius 2 is 1.70 bits per heavy atom. The summed E-state index contributed by atoms with van der Waals surface area (Å²) in [4.78, 5) is 25.7. The topological polar surface area (TPSA) is 70.7 Å². The minimum atomic E-state index is -4.64. The Morgan fingerprint density at radius 3 is 2.39 bits per heavy atom. The first-order valence-corrected chi connectivity index (χ1v) is 10.1. The van der Waals surface area contributed by atoms with E-state index in [0.29, 0.717) is 29.3 Å². The number of nitrogens with zero attached hydrogens (tertiary/aromatic N) is 1. The Morgan fingerprint density at radius 1 is 1.03 bits per heavy atom. The Balaban J connectivity index is 1.42. The van der Waals surface area contributed by atoms with E-state index in [2.05, 4.69) is 10.6 Å². The molecule has 0 bridgehead atoms.